The summed E-state index contributed by atoms with van der Waals surface area (Å²) in [7, 11) is 0. The number of aromatic nitrogens is 1. The Hall–Kier alpha value is -2.06. The van der Waals surface area contributed by atoms with Gasteiger partial charge >= 0.3 is 0 Å². The summed E-state index contributed by atoms with van der Waals surface area (Å²) in [6.07, 6.45) is 2.66. The van der Waals surface area contributed by atoms with Gasteiger partial charge < -0.3 is 15.0 Å². The number of hydrogen-bond acceptors (Lipinski definition) is 3. The minimum Gasteiger partial charge on any atom is -0.396 e. The van der Waals surface area contributed by atoms with Gasteiger partial charge in [-0.05, 0) is 43.9 Å². The van der Waals surface area contributed by atoms with E-state index < -0.39 is 5.91 Å². The number of aliphatic hydroxyl groups is 1. The van der Waals surface area contributed by atoms with E-state index in [2.05, 4.69) is 16.8 Å². The number of carbonyl (C=O) groups excluding carboxylic acids is 1. The standard InChI is InChI=1S/C17H25N3O2/c1-5-6-20-13(3)7-15(14(20)4)8-16(9-18)17(22)19-10-12(2)11-21/h7-8,12,21H,5-6,10-11H2,1-4H3,(H,19,22)/b16-8-. The zero-order chi connectivity index (χ0) is 16.7. The van der Waals surface area contributed by atoms with Gasteiger partial charge in [-0.2, -0.15) is 5.26 Å². The molecule has 120 valence electrons. The average molecular weight is 303 g/mol. The molecule has 1 amide bonds. The first-order valence-corrected chi connectivity index (χ1v) is 7.62. The molecule has 0 aliphatic rings. The Morgan fingerprint density at radius 1 is 1.55 bits per heavy atom. The summed E-state index contributed by atoms with van der Waals surface area (Å²) in [5, 5.41) is 20.9. The molecule has 1 aromatic rings. The summed E-state index contributed by atoms with van der Waals surface area (Å²) in [5.74, 6) is -0.429. The zero-order valence-corrected chi connectivity index (χ0v) is 13.8. The van der Waals surface area contributed by atoms with E-state index in [1.54, 1.807) is 6.08 Å². The Kier molecular flexibility index (Phi) is 6.87. The molecule has 1 heterocycles. The molecule has 0 fully saturated rings. The molecule has 0 aliphatic carbocycles. The predicted octanol–water partition coefficient (Wildman–Crippen LogP) is 2.17. The topological polar surface area (TPSA) is 78.0 Å². The van der Waals surface area contributed by atoms with Gasteiger partial charge in [0.05, 0.1) is 0 Å². The molecule has 5 nitrogen and oxygen atoms in total. The highest BCUT2D eigenvalue weighted by molar-refractivity contribution is 6.01. The van der Waals surface area contributed by atoms with Crippen LogP contribution in [-0.4, -0.2) is 28.7 Å². The fraction of sp³-hybridized carbons (Fsp3) is 0.529. The first-order chi connectivity index (χ1) is 10.4. The molecule has 22 heavy (non-hydrogen) atoms. The lowest BCUT2D eigenvalue weighted by atomic mass is 10.1. The molecule has 1 aromatic heterocycles. The maximum atomic E-state index is 12.0. The first kappa shape index (κ1) is 18.0. The van der Waals surface area contributed by atoms with Gasteiger partial charge in [-0.15, -0.1) is 0 Å². The van der Waals surface area contributed by atoms with Crippen molar-refractivity contribution in [2.45, 2.75) is 40.7 Å². The second-order valence-electron chi connectivity index (χ2n) is 5.65. The van der Waals surface area contributed by atoms with Crippen molar-refractivity contribution in [2.75, 3.05) is 13.2 Å². The molecule has 1 rings (SSSR count). The number of rotatable bonds is 7. The molecule has 1 atom stereocenters. The molecular weight excluding hydrogens is 278 g/mol. The second-order valence-corrected chi connectivity index (χ2v) is 5.65. The van der Waals surface area contributed by atoms with E-state index in [0.29, 0.717) is 6.54 Å². The highest BCUT2D eigenvalue weighted by Crippen LogP contribution is 2.18. The number of nitriles is 1. The minimum atomic E-state index is -0.400. The average Bonchev–Trinajstić information content (AvgIpc) is 2.77. The lowest BCUT2D eigenvalue weighted by Crippen LogP contribution is -2.30. The molecule has 0 bridgehead atoms. The number of aliphatic hydroxyl groups excluding tert-OH is 1. The lowest BCUT2D eigenvalue weighted by molar-refractivity contribution is -0.117. The molecule has 5 heteroatoms. The van der Waals surface area contributed by atoms with Crippen LogP contribution in [0.3, 0.4) is 0 Å². The molecular formula is C17H25N3O2. The molecule has 2 N–H and O–H groups in total. The van der Waals surface area contributed by atoms with Crippen molar-refractivity contribution in [2.24, 2.45) is 5.92 Å². The van der Waals surface area contributed by atoms with Gasteiger partial charge in [-0.25, -0.2) is 0 Å². The van der Waals surface area contributed by atoms with E-state index in [-0.39, 0.29) is 18.1 Å². The Morgan fingerprint density at radius 2 is 2.23 bits per heavy atom. The SMILES string of the molecule is CCCn1c(C)cc(/C=C(/C#N)C(=O)NCC(C)CO)c1C. The third-order valence-electron chi connectivity index (χ3n) is 3.65. The molecule has 0 aliphatic heterocycles. The van der Waals surface area contributed by atoms with Gasteiger partial charge in [0, 0.05) is 31.1 Å². The van der Waals surface area contributed by atoms with Crippen LogP contribution in [-0.2, 0) is 11.3 Å². The van der Waals surface area contributed by atoms with Crippen LogP contribution in [0.25, 0.3) is 6.08 Å². The number of nitrogens with one attached hydrogen (secondary N) is 1. The summed E-state index contributed by atoms with van der Waals surface area (Å²) in [6, 6.07) is 3.95. The van der Waals surface area contributed by atoms with Gasteiger partial charge in [-0.1, -0.05) is 13.8 Å². The third-order valence-corrected chi connectivity index (χ3v) is 3.65. The van der Waals surface area contributed by atoms with Crippen molar-refractivity contribution in [1.29, 1.82) is 5.26 Å². The maximum absolute atomic E-state index is 12.0. The van der Waals surface area contributed by atoms with Crippen LogP contribution in [0.5, 0.6) is 0 Å². The van der Waals surface area contributed by atoms with Crippen LogP contribution in [0.1, 0.15) is 37.2 Å². The van der Waals surface area contributed by atoms with Crippen molar-refractivity contribution in [3.8, 4) is 6.07 Å². The molecule has 0 radical (unpaired) electrons. The molecule has 0 saturated carbocycles. The number of amides is 1. The minimum absolute atomic E-state index is 0.00402. The smallest absolute Gasteiger partial charge is 0.261 e. The summed E-state index contributed by atoms with van der Waals surface area (Å²) in [6.45, 7) is 9.24. The van der Waals surface area contributed by atoms with Crippen molar-refractivity contribution < 1.29 is 9.90 Å². The van der Waals surface area contributed by atoms with Crippen LogP contribution < -0.4 is 5.32 Å². The van der Waals surface area contributed by atoms with Crippen molar-refractivity contribution in [3.05, 3.63) is 28.6 Å². The second kappa shape index (κ2) is 8.40. The van der Waals surface area contributed by atoms with Crippen molar-refractivity contribution in [3.63, 3.8) is 0 Å². The van der Waals surface area contributed by atoms with Gasteiger partial charge in [0.15, 0.2) is 0 Å². The normalized spacial score (nSPS) is 12.8. The van der Waals surface area contributed by atoms with E-state index in [0.717, 1.165) is 29.9 Å². The summed E-state index contributed by atoms with van der Waals surface area (Å²) >= 11 is 0. The van der Waals surface area contributed by atoms with Crippen LogP contribution in [0.15, 0.2) is 11.6 Å². The fourth-order valence-electron chi connectivity index (χ4n) is 2.27. The van der Waals surface area contributed by atoms with E-state index in [1.165, 1.54) is 0 Å². The van der Waals surface area contributed by atoms with E-state index in [9.17, 15) is 10.1 Å². The molecule has 0 saturated heterocycles. The summed E-state index contributed by atoms with van der Waals surface area (Å²) in [4.78, 5) is 12.0. The van der Waals surface area contributed by atoms with Gasteiger partial charge in [-0.3, -0.25) is 4.79 Å². The quantitative estimate of drug-likeness (QED) is 0.598. The van der Waals surface area contributed by atoms with Gasteiger partial charge in [0.2, 0.25) is 0 Å². The van der Waals surface area contributed by atoms with E-state index in [1.807, 2.05) is 32.9 Å². The summed E-state index contributed by atoms with van der Waals surface area (Å²) < 4.78 is 2.19. The van der Waals surface area contributed by atoms with E-state index in [4.69, 9.17) is 5.11 Å². The molecule has 0 spiro atoms. The lowest BCUT2D eigenvalue weighted by Gasteiger charge is -2.09. The first-order valence-electron chi connectivity index (χ1n) is 7.62. The Morgan fingerprint density at radius 3 is 2.77 bits per heavy atom. The van der Waals surface area contributed by atoms with Crippen LogP contribution in [0, 0.1) is 31.1 Å². The zero-order valence-electron chi connectivity index (χ0n) is 13.8. The molecule has 0 aromatic carbocycles. The molecule has 1 unspecified atom stereocenters. The van der Waals surface area contributed by atoms with Crippen molar-refractivity contribution in [1.82, 2.24) is 9.88 Å². The van der Waals surface area contributed by atoms with Crippen LogP contribution >= 0.6 is 0 Å². The third kappa shape index (κ3) is 4.47. The predicted molar refractivity (Wildman–Crippen MR) is 87.0 cm³/mol. The number of hydrogen-bond donors (Lipinski definition) is 2. The Balaban J connectivity index is 2.96. The number of carbonyl (C=O) groups is 1. The highest BCUT2D eigenvalue weighted by atomic mass is 16.3. The van der Waals surface area contributed by atoms with Crippen LogP contribution in [0.2, 0.25) is 0 Å². The van der Waals surface area contributed by atoms with Crippen LogP contribution in [0.4, 0.5) is 0 Å². The summed E-state index contributed by atoms with van der Waals surface area (Å²) in [5.41, 5.74) is 3.16. The number of aryl methyl sites for hydroxylation is 1. The Bertz CT molecular complexity index is 594. The fourth-order valence-corrected chi connectivity index (χ4v) is 2.27. The van der Waals surface area contributed by atoms with Gasteiger partial charge in [0.1, 0.15) is 11.6 Å². The Labute approximate surface area is 132 Å². The van der Waals surface area contributed by atoms with Gasteiger partial charge in [0.25, 0.3) is 5.91 Å². The van der Waals surface area contributed by atoms with Crippen molar-refractivity contribution >= 4 is 12.0 Å². The monoisotopic (exact) mass is 303 g/mol. The van der Waals surface area contributed by atoms with E-state index >= 15 is 0 Å². The largest absolute Gasteiger partial charge is 0.396 e. The number of nitrogens with zero attached hydrogens (tertiary/aromatic N) is 2. The maximum Gasteiger partial charge on any atom is 0.261 e. The highest BCUT2D eigenvalue weighted by Gasteiger charge is 2.13.